The number of ether oxygens (including phenoxy) is 1. The van der Waals surface area contributed by atoms with Gasteiger partial charge in [-0.15, -0.1) is 11.3 Å². The largest absolute Gasteiger partial charge is 0.469 e. The monoisotopic (exact) mass is 317 g/mol. The second-order valence-electron chi connectivity index (χ2n) is 4.41. The summed E-state index contributed by atoms with van der Waals surface area (Å²) in [5, 5.41) is 1.04. The van der Waals surface area contributed by atoms with Gasteiger partial charge < -0.3 is 4.74 Å². The van der Waals surface area contributed by atoms with E-state index in [9.17, 15) is 4.79 Å². The predicted octanol–water partition coefficient (Wildman–Crippen LogP) is 3.66. The van der Waals surface area contributed by atoms with Crippen molar-refractivity contribution in [3.8, 4) is 0 Å². The summed E-state index contributed by atoms with van der Waals surface area (Å²) >= 11 is 5.19. The highest BCUT2D eigenvalue weighted by Crippen LogP contribution is 2.42. The molecule has 2 atom stereocenters. The second kappa shape index (κ2) is 5.48. The van der Waals surface area contributed by atoms with Crippen molar-refractivity contribution in [3.63, 3.8) is 0 Å². The van der Waals surface area contributed by atoms with Gasteiger partial charge in [-0.3, -0.25) is 4.79 Å². The van der Waals surface area contributed by atoms with Gasteiger partial charge in [-0.1, -0.05) is 12.8 Å². The summed E-state index contributed by atoms with van der Waals surface area (Å²) in [6.07, 6.45) is 4.22. The summed E-state index contributed by atoms with van der Waals surface area (Å²) < 4.78 is 5.98. The Balaban J connectivity index is 2.27. The molecule has 1 aliphatic carbocycles. The Morgan fingerprint density at radius 2 is 2.18 bits per heavy atom. The van der Waals surface area contributed by atoms with Crippen molar-refractivity contribution in [1.29, 1.82) is 0 Å². The quantitative estimate of drug-likeness (QED) is 0.781. The van der Waals surface area contributed by atoms with Crippen molar-refractivity contribution in [2.45, 2.75) is 38.5 Å². The first-order valence-electron chi connectivity index (χ1n) is 5.84. The molecule has 1 saturated carbocycles. The van der Waals surface area contributed by atoms with Crippen LogP contribution < -0.4 is 0 Å². The van der Waals surface area contributed by atoms with Gasteiger partial charge in [0, 0.05) is 5.92 Å². The molecule has 1 aromatic heterocycles. The van der Waals surface area contributed by atoms with Crippen LogP contribution in [-0.4, -0.2) is 18.1 Å². The summed E-state index contributed by atoms with van der Waals surface area (Å²) in [4.78, 5) is 16.4. The molecule has 1 fully saturated rings. The molecular weight excluding hydrogens is 302 g/mol. The Morgan fingerprint density at radius 1 is 1.47 bits per heavy atom. The van der Waals surface area contributed by atoms with Crippen LogP contribution in [0.15, 0.2) is 3.79 Å². The lowest BCUT2D eigenvalue weighted by Crippen LogP contribution is -2.27. The molecule has 1 heterocycles. The molecular formula is C12H16BrNO2S. The fraction of sp³-hybridized carbons (Fsp3) is 0.667. The van der Waals surface area contributed by atoms with Crippen LogP contribution in [-0.2, 0) is 9.53 Å². The number of halogens is 1. The first-order valence-corrected chi connectivity index (χ1v) is 7.45. The number of hydrogen-bond acceptors (Lipinski definition) is 4. The maximum absolute atomic E-state index is 11.8. The first kappa shape index (κ1) is 13.0. The molecule has 0 radical (unpaired) electrons. The van der Waals surface area contributed by atoms with E-state index in [-0.39, 0.29) is 17.8 Å². The standard InChI is InChI=1S/C12H16BrNO2S/c1-7-14-10(11(13)17-7)8-5-3-4-6-9(8)12(15)16-2/h8-9H,3-6H2,1-2H3/t8-,9+/m0/s1. The number of rotatable bonds is 2. The number of nitrogens with zero attached hydrogens (tertiary/aromatic N) is 1. The van der Waals surface area contributed by atoms with E-state index in [4.69, 9.17) is 4.74 Å². The Labute approximate surface area is 114 Å². The van der Waals surface area contributed by atoms with E-state index >= 15 is 0 Å². The van der Waals surface area contributed by atoms with E-state index in [1.54, 1.807) is 11.3 Å². The zero-order chi connectivity index (χ0) is 12.4. The second-order valence-corrected chi connectivity index (χ2v) is 6.93. The van der Waals surface area contributed by atoms with Crippen LogP contribution in [0.4, 0.5) is 0 Å². The molecule has 94 valence electrons. The topological polar surface area (TPSA) is 39.2 Å². The average Bonchev–Trinajstić information content (AvgIpc) is 2.67. The predicted molar refractivity (Wildman–Crippen MR) is 71.3 cm³/mol. The van der Waals surface area contributed by atoms with Gasteiger partial charge in [0.2, 0.25) is 0 Å². The summed E-state index contributed by atoms with van der Waals surface area (Å²) in [6, 6.07) is 0. The fourth-order valence-corrected chi connectivity index (χ4v) is 4.33. The molecule has 1 aliphatic rings. The molecule has 2 rings (SSSR count). The minimum Gasteiger partial charge on any atom is -0.469 e. The molecule has 3 nitrogen and oxygen atoms in total. The maximum Gasteiger partial charge on any atom is 0.309 e. The SMILES string of the molecule is COC(=O)[C@@H]1CCCC[C@@H]1c1nc(C)sc1Br. The third-order valence-electron chi connectivity index (χ3n) is 3.34. The van der Waals surface area contributed by atoms with Gasteiger partial charge in [0.25, 0.3) is 0 Å². The smallest absolute Gasteiger partial charge is 0.309 e. The van der Waals surface area contributed by atoms with Crippen molar-refractivity contribution < 1.29 is 9.53 Å². The highest BCUT2D eigenvalue weighted by molar-refractivity contribution is 9.11. The molecule has 0 N–H and O–H groups in total. The molecule has 0 aliphatic heterocycles. The summed E-state index contributed by atoms with van der Waals surface area (Å²) in [6.45, 7) is 1.99. The maximum atomic E-state index is 11.8. The molecule has 0 aromatic carbocycles. The minimum atomic E-state index is -0.0905. The van der Waals surface area contributed by atoms with E-state index in [0.717, 1.165) is 33.8 Å². The van der Waals surface area contributed by atoms with Gasteiger partial charge in [-0.2, -0.15) is 0 Å². The summed E-state index contributed by atoms with van der Waals surface area (Å²) in [5.74, 6) is 0.106. The van der Waals surface area contributed by atoms with E-state index in [1.165, 1.54) is 13.5 Å². The Bertz CT molecular complexity index is 419. The van der Waals surface area contributed by atoms with Crippen LogP contribution in [0.2, 0.25) is 0 Å². The van der Waals surface area contributed by atoms with Gasteiger partial charge in [0.1, 0.15) is 0 Å². The van der Waals surface area contributed by atoms with Crippen LogP contribution in [0.3, 0.4) is 0 Å². The van der Waals surface area contributed by atoms with E-state index < -0.39 is 0 Å². The Morgan fingerprint density at radius 3 is 2.76 bits per heavy atom. The van der Waals surface area contributed by atoms with Gasteiger partial charge in [0.05, 0.1) is 27.5 Å². The fourth-order valence-electron chi connectivity index (χ4n) is 2.54. The van der Waals surface area contributed by atoms with Crippen LogP contribution >= 0.6 is 27.3 Å². The molecule has 0 bridgehead atoms. The lowest BCUT2D eigenvalue weighted by molar-refractivity contribution is -0.147. The van der Waals surface area contributed by atoms with Crippen molar-refractivity contribution >= 4 is 33.2 Å². The Hall–Kier alpha value is -0.420. The normalized spacial score (nSPS) is 24.6. The molecule has 5 heteroatoms. The average molecular weight is 318 g/mol. The highest BCUT2D eigenvalue weighted by atomic mass is 79.9. The number of methoxy groups -OCH3 is 1. The number of esters is 1. The lowest BCUT2D eigenvalue weighted by Gasteiger charge is -2.28. The zero-order valence-electron chi connectivity index (χ0n) is 10.0. The summed E-state index contributed by atoms with van der Waals surface area (Å²) in [5.41, 5.74) is 1.04. The molecule has 0 saturated heterocycles. The molecule has 17 heavy (non-hydrogen) atoms. The number of aryl methyl sites for hydroxylation is 1. The first-order chi connectivity index (χ1) is 8.13. The molecule has 0 unspecified atom stereocenters. The van der Waals surface area contributed by atoms with Crippen LogP contribution in [0.1, 0.15) is 42.3 Å². The van der Waals surface area contributed by atoms with Crippen LogP contribution in [0, 0.1) is 12.8 Å². The zero-order valence-corrected chi connectivity index (χ0v) is 12.4. The third-order valence-corrected chi connectivity index (χ3v) is 5.00. The van der Waals surface area contributed by atoms with Crippen molar-refractivity contribution in [2.24, 2.45) is 5.92 Å². The molecule has 0 spiro atoms. The number of aromatic nitrogens is 1. The Kier molecular flexibility index (Phi) is 4.20. The minimum absolute atomic E-state index is 0.0217. The summed E-state index contributed by atoms with van der Waals surface area (Å²) in [7, 11) is 1.47. The molecule has 1 aromatic rings. The van der Waals surface area contributed by atoms with Gasteiger partial charge in [-0.05, 0) is 35.7 Å². The van der Waals surface area contributed by atoms with Crippen LogP contribution in [0.5, 0.6) is 0 Å². The van der Waals surface area contributed by atoms with E-state index in [0.29, 0.717) is 0 Å². The lowest BCUT2D eigenvalue weighted by atomic mass is 9.78. The van der Waals surface area contributed by atoms with Crippen LogP contribution in [0.25, 0.3) is 0 Å². The number of thiazole rings is 1. The van der Waals surface area contributed by atoms with Crippen molar-refractivity contribution in [1.82, 2.24) is 4.98 Å². The van der Waals surface area contributed by atoms with Gasteiger partial charge in [-0.25, -0.2) is 4.98 Å². The van der Waals surface area contributed by atoms with Gasteiger partial charge >= 0.3 is 5.97 Å². The number of carbonyl (C=O) groups excluding carboxylic acids is 1. The van der Waals surface area contributed by atoms with Gasteiger partial charge in [0.15, 0.2) is 0 Å². The highest BCUT2D eigenvalue weighted by Gasteiger charge is 2.35. The number of carbonyl (C=O) groups is 1. The van der Waals surface area contributed by atoms with E-state index in [1.807, 2.05) is 6.92 Å². The van der Waals surface area contributed by atoms with Crippen molar-refractivity contribution in [3.05, 3.63) is 14.5 Å². The molecule has 0 amide bonds. The van der Waals surface area contributed by atoms with Crippen molar-refractivity contribution in [2.75, 3.05) is 7.11 Å². The third kappa shape index (κ3) is 2.71. The number of hydrogen-bond donors (Lipinski definition) is 0. The van der Waals surface area contributed by atoms with E-state index in [2.05, 4.69) is 20.9 Å².